The summed E-state index contributed by atoms with van der Waals surface area (Å²) in [5.74, 6) is 0.377. The highest BCUT2D eigenvalue weighted by Crippen LogP contribution is 2.35. The predicted octanol–water partition coefficient (Wildman–Crippen LogP) is 4.87. The van der Waals surface area contributed by atoms with E-state index in [2.05, 4.69) is 9.97 Å². The molecule has 0 atom stereocenters. The van der Waals surface area contributed by atoms with Crippen molar-refractivity contribution in [3.05, 3.63) is 58.7 Å². The SMILES string of the molecule is Fc1ccc(Oc2ncc(Cl)c3ccnc(Cl)c23)cc1. The van der Waals surface area contributed by atoms with E-state index in [1.807, 2.05) is 0 Å². The Balaban J connectivity index is 2.12. The quantitative estimate of drug-likeness (QED) is 0.634. The zero-order valence-electron chi connectivity index (χ0n) is 9.98. The van der Waals surface area contributed by atoms with E-state index < -0.39 is 0 Å². The van der Waals surface area contributed by atoms with E-state index in [0.29, 0.717) is 21.5 Å². The van der Waals surface area contributed by atoms with Crippen molar-refractivity contribution in [3.8, 4) is 11.6 Å². The Morgan fingerprint density at radius 1 is 1.00 bits per heavy atom. The number of pyridine rings is 2. The second-order valence-electron chi connectivity index (χ2n) is 3.99. The molecule has 0 unspecified atom stereocenters. The Morgan fingerprint density at radius 3 is 2.50 bits per heavy atom. The van der Waals surface area contributed by atoms with Gasteiger partial charge in [-0.3, -0.25) is 0 Å². The van der Waals surface area contributed by atoms with E-state index >= 15 is 0 Å². The molecule has 2 heterocycles. The van der Waals surface area contributed by atoms with Gasteiger partial charge in [0.1, 0.15) is 16.7 Å². The Kier molecular flexibility index (Phi) is 3.42. The maximum atomic E-state index is 12.9. The van der Waals surface area contributed by atoms with Crippen molar-refractivity contribution in [1.29, 1.82) is 0 Å². The maximum absolute atomic E-state index is 12.9. The number of hydrogen-bond acceptors (Lipinski definition) is 3. The second-order valence-corrected chi connectivity index (χ2v) is 4.76. The van der Waals surface area contributed by atoms with Gasteiger partial charge in [0.2, 0.25) is 5.88 Å². The molecule has 0 saturated heterocycles. The highest BCUT2D eigenvalue weighted by molar-refractivity contribution is 6.39. The van der Waals surface area contributed by atoms with Gasteiger partial charge in [-0.1, -0.05) is 23.2 Å². The Bertz CT molecular complexity index is 778. The van der Waals surface area contributed by atoms with Crippen LogP contribution in [0.25, 0.3) is 10.8 Å². The van der Waals surface area contributed by atoms with E-state index in [1.165, 1.54) is 30.5 Å². The molecular weight excluding hydrogens is 302 g/mol. The Morgan fingerprint density at radius 2 is 1.75 bits per heavy atom. The van der Waals surface area contributed by atoms with Crippen LogP contribution in [0.5, 0.6) is 11.6 Å². The van der Waals surface area contributed by atoms with E-state index in [9.17, 15) is 4.39 Å². The van der Waals surface area contributed by atoms with Gasteiger partial charge in [-0.25, -0.2) is 14.4 Å². The number of fused-ring (bicyclic) bond motifs is 1. The fourth-order valence-corrected chi connectivity index (χ4v) is 2.23. The Hall–Kier alpha value is -1.91. The van der Waals surface area contributed by atoms with Crippen LogP contribution in [0.4, 0.5) is 4.39 Å². The largest absolute Gasteiger partial charge is 0.438 e. The number of nitrogens with zero attached hydrogens (tertiary/aromatic N) is 2. The third kappa shape index (κ3) is 2.40. The summed E-state index contributed by atoms with van der Waals surface area (Å²) in [6.07, 6.45) is 3.03. The third-order valence-corrected chi connectivity index (χ3v) is 3.29. The van der Waals surface area contributed by atoms with E-state index in [1.54, 1.807) is 12.3 Å². The van der Waals surface area contributed by atoms with Gasteiger partial charge in [-0.05, 0) is 30.3 Å². The molecule has 3 aromatic rings. The smallest absolute Gasteiger partial charge is 0.230 e. The normalized spacial score (nSPS) is 10.8. The fourth-order valence-electron chi connectivity index (χ4n) is 1.78. The summed E-state index contributed by atoms with van der Waals surface area (Å²) >= 11 is 12.1. The summed E-state index contributed by atoms with van der Waals surface area (Å²) in [7, 11) is 0. The van der Waals surface area contributed by atoms with Crippen LogP contribution in [-0.4, -0.2) is 9.97 Å². The van der Waals surface area contributed by atoms with Gasteiger partial charge in [0.05, 0.1) is 16.6 Å². The van der Waals surface area contributed by atoms with Crippen LogP contribution in [0.3, 0.4) is 0 Å². The lowest BCUT2D eigenvalue weighted by Gasteiger charge is -2.09. The van der Waals surface area contributed by atoms with Crippen LogP contribution >= 0.6 is 23.2 Å². The molecular formula is C14H7Cl2FN2O. The molecule has 0 amide bonds. The number of ether oxygens (including phenoxy) is 1. The van der Waals surface area contributed by atoms with Crippen LogP contribution in [0.1, 0.15) is 0 Å². The minimum atomic E-state index is -0.342. The van der Waals surface area contributed by atoms with Gasteiger partial charge in [-0.2, -0.15) is 0 Å². The van der Waals surface area contributed by atoms with Crippen LogP contribution in [-0.2, 0) is 0 Å². The number of rotatable bonds is 2. The summed E-state index contributed by atoms with van der Waals surface area (Å²) in [6.45, 7) is 0. The monoisotopic (exact) mass is 308 g/mol. The van der Waals surface area contributed by atoms with Gasteiger partial charge in [0.15, 0.2) is 0 Å². The molecule has 3 nitrogen and oxygen atoms in total. The van der Waals surface area contributed by atoms with Crippen LogP contribution < -0.4 is 4.74 Å². The first-order valence-corrected chi connectivity index (χ1v) is 6.43. The average Bonchev–Trinajstić information content (AvgIpc) is 2.45. The molecule has 0 fully saturated rings. The second kappa shape index (κ2) is 5.23. The van der Waals surface area contributed by atoms with Gasteiger partial charge in [0, 0.05) is 11.6 Å². The molecule has 0 saturated carbocycles. The zero-order chi connectivity index (χ0) is 14.1. The molecule has 0 radical (unpaired) electrons. The number of hydrogen-bond donors (Lipinski definition) is 0. The van der Waals surface area contributed by atoms with E-state index in [-0.39, 0.29) is 16.9 Å². The van der Waals surface area contributed by atoms with Crippen LogP contribution in [0, 0.1) is 5.82 Å². The van der Waals surface area contributed by atoms with Crippen molar-refractivity contribution < 1.29 is 9.13 Å². The number of halogens is 3. The summed E-state index contributed by atoms with van der Waals surface area (Å²) in [6, 6.07) is 7.33. The molecule has 0 spiro atoms. The Labute approximate surface area is 123 Å². The summed E-state index contributed by atoms with van der Waals surface area (Å²) in [4.78, 5) is 8.10. The molecule has 0 aliphatic heterocycles. The first kappa shape index (κ1) is 13.1. The summed E-state index contributed by atoms with van der Waals surface area (Å²) in [5, 5.41) is 1.91. The van der Waals surface area contributed by atoms with Crippen molar-refractivity contribution in [3.63, 3.8) is 0 Å². The first-order chi connectivity index (χ1) is 9.65. The van der Waals surface area contributed by atoms with E-state index in [4.69, 9.17) is 27.9 Å². The zero-order valence-corrected chi connectivity index (χ0v) is 11.5. The van der Waals surface area contributed by atoms with Gasteiger partial charge in [-0.15, -0.1) is 0 Å². The number of benzene rings is 1. The van der Waals surface area contributed by atoms with Gasteiger partial charge < -0.3 is 4.74 Å². The first-order valence-electron chi connectivity index (χ1n) is 5.67. The molecule has 0 N–H and O–H groups in total. The molecule has 1 aromatic carbocycles. The molecule has 2 aromatic heterocycles. The van der Waals surface area contributed by atoms with Crippen LogP contribution in [0.2, 0.25) is 10.2 Å². The summed E-state index contributed by atoms with van der Waals surface area (Å²) < 4.78 is 18.5. The van der Waals surface area contributed by atoms with Crippen molar-refractivity contribution in [1.82, 2.24) is 9.97 Å². The van der Waals surface area contributed by atoms with Crippen LogP contribution in [0.15, 0.2) is 42.7 Å². The standard InChI is InChI=1S/C14H7Cl2FN2O/c15-11-7-19-14(12-10(11)5-6-18-13(12)16)20-9-3-1-8(17)2-4-9/h1-7H. The van der Waals surface area contributed by atoms with Crippen molar-refractivity contribution in [2.45, 2.75) is 0 Å². The van der Waals surface area contributed by atoms with Gasteiger partial charge in [0.25, 0.3) is 0 Å². The van der Waals surface area contributed by atoms with Gasteiger partial charge >= 0.3 is 0 Å². The third-order valence-electron chi connectivity index (χ3n) is 2.70. The van der Waals surface area contributed by atoms with Crippen molar-refractivity contribution >= 4 is 34.0 Å². The predicted molar refractivity (Wildman–Crippen MR) is 76.0 cm³/mol. The lowest BCUT2D eigenvalue weighted by atomic mass is 10.2. The molecule has 6 heteroatoms. The minimum Gasteiger partial charge on any atom is -0.438 e. The maximum Gasteiger partial charge on any atom is 0.230 e. The minimum absolute atomic E-state index is 0.245. The van der Waals surface area contributed by atoms with Crippen molar-refractivity contribution in [2.24, 2.45) is 0 Å². The lowest BCUT2D eigenvalue weighted by molar-refractivity contribution is 0.467. The lowest BCUT2D eigenvalue weighted by Crippen LogP contribution is -1.92. The number of aromatic nitrogens is 2. The summed E-state index contributed by atoms with van der Waals surface area (Å²) in [5.41, 5.74) is 0. The van der Waals surface area contributed by atoms with Crippen molar-refractivity contribution in [2.75, 3.05) is 0 Å². The van der Waals surface area contributed by atoms with E-state index in [0.717, 1.165) is 0 Å². The highest BCUT2D eigenvalue weighted by Gasteiger charge is 2.12. The molecule has 20 heavy (non-hydrogen) atoms. The molecule has 3 rings (SSSR count). The average molecular weight is 309 g/mol. The molecule has 0 bridgehead atoms. The topological polar surface area (TPSA) is 35.0 Å². The fraction of sp³-hybridized carbons (Fsp3) is 0. The molecule has 0 aliphatic carbocycles. The molecule has 0 aliphatic rings. The highest BCUT2D eigenvalue weighted by atomic mass is 35.5. The molecule has 100 valence electrons.